The highest BCUT2D eigenvalue weighted by atomic mass is 32.2. The van der Waals surface area contributed by atoms with E-state index in [1.54, 1.807) is 115 Å². The first-order valence-corrected chi connectivity index (χ1v) is 29.7. The van der Waals surface area contributed by atoms with Crippen molar-refractivity contribution in [1.29, 1.82) is 0 Å². The van der Waals surface area contributed by atoms with E-state index in [0.29, 0.717) is 34.5 Å². The molecule has 6 aromatic rings. The van der Waals surface area contributed by atoms with E-state index in [0.717, 1.165) is 45.2 Å². The molecule has 2 aliphatic rings. The molecular formula is C50H62N6O14S4. The van der Waals surface area contributed by atoms with Gasteiger partial charge in [0.2, 0.25) is 11.8 Å². The number of nitrogens with two attached hydrogens (primary N) is 2. The van der Waals surface area contributed by atoms with Crippen LogP contribution < -0.4 is 22.1 Å². The van der Waals surface area contributed by atoms with Crippen LogP contribution in [0, 0.1) is 0 Å². The van der Waals surface area contributed by atoms with Gasteiger partial charge in [-0.3, -0.25) is 19.2 Å². The zero-order valence-electron chi connectivity index (χ0n) is 41.8. The molecule has 4 aromatic carbocycles. The number of aliphatic carboxylic acids is 2. The van der Waals surface area contributed by atoms with Crippen LogP contribution in [0.3, 0.4) is 0 Å². The molecule has 400 valence electrons. The van der Waals surface area contributed by atoms with Crippen LogP contribution in [0.4, 0.5) is 11.4 Å². The lowest BCUT2D eigenvalue weighted by atomic mass is 9.98. The first-order chi connectivity index (χ1) is 34.3. The van der Waals surface area contributed by atoms with Crippen LogP contribution in [0.25, 0.3) is 21.8 Å². The van der Waals surface area contributed by atoms with Gasteiger partial charge in [-0.25, -0.2) is 33.7 Å². The lowest BCUT2D eigenvalue weighted by Crippen LogP contribution is -2.17. The van der Waals surface area contributed by atoms with Gasteiger partial charge in [0.05, 0.1) is 54.6 Å². The highest BCUT2D eigenvalue weighted by Gasteiger charge is 2.29. The van der Waals surface area contributed by atoms with E-state index in [1.165, 1.54) is 12.1 Å². The van der Waals surface area contributed by atoms with E-state index in [2.05, 4.69) is 20.6 Å². The second-order valence-corrected chi connectivity index (χ2v) is 28.3. The molecule has 2 aliphatic heterocycles. The summed E-state index contributed by atoms with van der Waals surface area (Å²) in [6, 6.07) is 19.4. The molecule has 0 spiro atoms. The van der Waals surface area contributed by atoms with Crippen molar-refractivity contribution in [3.63, 3.8) is 0 Å². The van der Waals surface area contributed by atoms with Crippen LogP contribution in [0.15, 0.2) is 105 Å². The van der Waals surface area contributed by atoms with Gasteiger partial charge in [0.1, 0.15) is 0 Å². The number of hydrogen-bond donors (Lipinski definition) is 8. The molecule has 0 bridgehead atoms. The van der Waals surface area contributed by atoms with Crippen molar-refractivity contribution >= 4 is 96.3 Å². The van der Waals surface area contributed by atoms with Crippen molar-refractivity contribution in [3.8, 4) is 0 Å². The Hall–Kier alpha value is -6.76. The number of nitrogens with one attached hydrogen (secondary N) is 4. The number of amides is 2. The summed E-state index contributed by atoms with van der Waals surface area (Å²) in [5.74, 6) is -2.87. The molecule has 0 aliphatic carbocycles. The van der Waals surface area contributed by atoms with E-state index in [1.807, 2.05) is 0 Å². The number of benzene rings is 4. The number of carboxylic acids is 2. The Morgan fingerprint density at radius 1 is 0.527 bits per heavy atom. The van der Waals surface area contributed by atoms with Crippen LogP contribution in [-0.4, -0.2) is 113 Å². The van der Waals surface area contributed by atoms with E-state index in [-0.39, 0.29) is 58.1 Å². The molecule has 0 fully saturated rings. The molecule has 0 saturated carbocycles. The van der Waals surface area contributed by atoms with Gasteiger partial charge in [-0.2, -0.15) is 0 Å². The summed E-state index contributed by atoms with van der Waals surface area (Å²) in [7, 11) is -13.2. The molecule has 10 N–H and O–H groups in total. The molecule has 74 heavy (non-hydrogen) atoms. The van der Waals surface area contributed by atoms with Crippen molar-refractivity contribution in [1.82, 2.24) is 9.97 Å². The summed E-state index contributed by atoms with van der Waals surface area (Å²) < 4.78 is 95.6. The molecule has 2 amide bonds. The molecule has 2 aromatic heterocycles. The molecule has 0 saturated heterocycles. The van der Waals surface area contributed by atoms with Crippen molar-refractivity contribution in [2.75, 3.05) is 30.0 Å². The standard InChI is InChI=1S/C13H18N2O3S.C13H16N2O3S.C13H17NO4S.C11H11NO4S/c2*1-8(2)19(17,18)10-3-4-12-11(6-10)9(7-15-12)5-13(14)16;1-8(2)19(17,18)10-3-4-12-11(6-10)9(7-14-12)5-13(15)16;1-17(15,16)8-2-3-10-9(5-8)7(6-12-10)4-11(13)14/h3-4,6,8-9,15H,5,7H2,1-2H3,(H2,14,16);3-4,6-8,15H,5H2,1-2H3,(H2,14,16);3-4,6,8-9,14H,5,7H2,1-2H3,(H,15,16);2-3,5-6,12H,4H2,1H3,(H,13,14). The Bertz CT molecular complexity index is 3460. The number of carbonyl (C=O) groups is 4. The number of fused-ring (bicyclic) bond motifs is 4. The van der Waals surface area contributed by atoms with E-state index >= 15 is 0 Å². The molecule has 20 nitrogen and oxygen atoms in total. The van der Waals surface area contributed by atoms with E-state index in [4.69, 9.17) is 21.7 Å². The molecule has 2 unspecified atom stereocenters. The van der Waals surface area contributed by atoms with E-state index in [9.17, 15) is 52.8 Å². The average molecular weight is 1100 g/mol. The van der Waals surface area contributed by atoms with Gasteiger partial charge in [0.15, 0.2) is 39.3 Å². The summed E-state index contributed by atoms with van der Waals surface area (Å²) in [6.07, 6.45) is 4.58. The lowest BCUT2D eigenvalue weighted by molar-refractivity contribution is -0.138. The highest BCUT2D eigenvalue weighted by Crippen LogP contribution is 2.37. The van der Waals surface area contributed by atoms with E-state index < -0.39 is 72.9 Å². The Balaban J connectivity index is 0.000000183. The quantitative estimate of drug-likeness (QED) is 0.0613. The van der Waals surface area contributed by atoms with Crippen LogP contribution in [-0.2, 0) is 71.4 Å². The van der Waals surface area contributed by atoms with Crippen molar-refractivity contribution in [2.45, 2.75) is 114 Å². The largest absolute Gasteiger partial charge is 0.481 e. The Morgan fingerprint density at radius 2 is 0.905 bits per heavy atom. The number of rotatable bonds is 15. The van der Waals surface area contributed by atoms with Gasteiger partial charge in [-0.15, -0.1) is 0 Å². The number of H-pyrrole nitrogens is 2. The number of carboxylic acid groups (broad SMARTS) is 2. The maximum Gasteiger partial charge on any atom is 0.307 e. The predicted molar refractivity (Wildman–Crippen MR) is 282 cm³/mol. The Kier molecular flexibility index (Phi) is 18.2. The van der Waals surface area contributed by atoms with Crippen molar-refractivity contribution < 1.29 is 63.1 Å². The third-order valence-electron chi connectivity index (χ3n) is 12.3. The van der Waals surface area contributed by atoms with Gasteiger partial charge in [-0.1, -0.05) is 0 Å². The monoisotopic (exact) mass is 1100 g/mol. The fourth-order valence-corrected chi connectivity index (χ4v) is 12.0. The van der Waals surface area contributed by atoms with Gasteiger partial charge >= 0.3 is 11.9 Å². The summed E-state index contributed by atoms with van der Waals surface area (Å²) in [5, 5.41) is 23.8. The minimum Gasteiger partial charge on any atom is -0.481 e. The highest BCUT2D eigenvalue weighted by molar-refractivity contribution is 7.92. The number of sulfone groups is 4. The third kappa shape index (κ3) is 13.9. The summed E-state index contributed by atoms with van der Waals surface area (Å²) >= 11 is 0. The van der Waals surface area contributed by atoms with Crippen molar-refractivity contribution in [3.05, 3.63) is 107 Å². The second-order valence-electron chi connectivity index (χ2n) is 18.7. The Labute approximate surface area is 430 Å². The summed E-state index contributed by atoms with van der Waals surface area (Å²) in [5.41, 5.74) is 16.6. The minimum absolute atomic E-state index is 0.00514. The first kappa shape index (κ1) is 58.1. The second kappa shape index (κ2) is 23.2. The fraction of sp³-hybridized carbons (Fsp3) is 0.360. The van der Waals surface area contributed by atoms with Gasteiger partial charge in [0, 0.05) is 83.2 Å². The minimum atomic E-state index is -3.33. The van der Waals surface area contributed by atoms with Gasteiger partial charge < -0.3 is 42.3 Å². The molecule has 0 radical (unpaired) electrons. The summed E-state index contributed by atoms with van der Waals surface area (Å²) in [6.45, 7) is 11.0. The number of aromatic amines is 2. The zero-order valence-corrected chi connectivity index (χ0v) is 45.1. The van der Waals surface area contributed by atoms with Crippen LogP contribution in [0.1, 0.15) is 88.5 Å². The third-order valence-corrected chi connectivity index (χ3v) is 19.9. The molecule has 8 rings (SSSR count). The number of anilines is 2. The molecule has 4 heterocycles. The van der Waals surface area contributed by atoms with Crippen molar-refractivity contribution in [2.24, 2.45) is 11.5 Å². The smallest absolute Gasteiger partial charge is 0.307 e. The number of hydrogen-bond acceptors (Lipinski definition) is 14. The lowest BCUT2D eigenvalue weighted by Gasteiger charge is -2.11. The molecule has 24 heteroatoms. The maximum atomic E-state index is 12.1. The fourth-order valence-electron chi connectivity index (χ4n) is 8.12. The number of carbonyl (C=O) groups excluding carboxylic acids is 2. The Morgan fingerprint density at radius 3 is 1.28 bits per heavy atom. The average Bonchev–Trinajstić information content (AvgIpc) is 4.11. The van der Waals surface area contributed by atoms with Crippen LogP contribution in [0.2, 0.25) is 0 Å². The van der Waals surface area contributed by atoms with Gasteiger partial charge in [-0.05, 0) is 137 Å². The topological polar surface area (TPSA) is 353 Å². The molecule has 2 atom stereocenters. The van der Waals surface area contributed by atoms with Crippen LogP contribution >= 0.6 is 0 Å². The molecular weight excluding hydrogens is 1040 g/mol. The normalized spacial score (nSPS) is 15.2. The zero-order chi connectivity index (χ0) is 55.2. The summed E-state index contributed by atoms with van der Waals surface area (Å²) in [4.78, 5) is 50.4. The first-order valence-electron chi connectivity index (χ1n) is 23.2. The SMILES string of the molecule is CC(C)S(=O)(=O)c1ccc2[nH]cc(CC(N)=O)c2c1.CC(C)S(=O)(=O)c1ccc2c(c1)C(CC(=O)O)CN2.CC(C)S(=O)(=O)c1ccc2c(c1)C(CC(N)=O)CN2.CS(=O)(=O)c1ccc2[nH]cc(CC(=O)O)c2c1. The maximum absolute atomic E-state index is 12.1. The number of aromatic nitrogens is 2. The number of primary amides is 2. The van der Waals surface area contributed by atoms with Crippen LogP contribution in [0.5, 0.6) is 0 Å². The van der Waals surface area contributed by atoms with Gasteiger partial charge in [0.25, 0.3) is 0 Å². The predicted octanol–water partition coefficient (Wildman–Crippen LogP) is 5.68.